The maximum atomic E-state index is 11.8. The molecule has 4 nitrogen and oxygen atoms in total. The molecule has 0 radical (unpaired) electrons. The first-order chi connectivity index (χ1) is 13.7. The molecule has 0 aliphatic rings. The Morgan fingerprint density at radius 1 is 0.929 bits per heavy atom. The van der Waals surface area contributed by atoms with E-state index >= 15 is 0 Å². The van der Waals surface area contributed by atoms with Gasteiger partial charge in [-0.2, -0.15) is 5.10 Å². The highest BCUT2D eigenvalue weighted by molar-refractivity contribution is 6.32. The lowest BCUT2D eigenvalue weighted by molar-refractivity contribution is -0.123. The number of halogens is 1. The number of hydrogen-bond acceptors (Lipinski definition) is 3. The van der Waals surface area contributed by atoms with Crippen molar-refractivity contribution in [3.8, 4) is 16.9 Å². The van der Waals surface area contributed by atoms with Crippen LogP contribution in [0.15, 0.2) is 90.0 Å². The zero-order valence-corrected chi connectivity index (χ0v) is 15.8. The summed E-state index contributed by atoms with van der Waals surface area (Å²) in [5.74, 6) is 0.284. The molecule has 0 bridgehead atoms. The van der Waals surface area contributed by atoms with Crippen LogP contribution in [0.25, 0.3) is 17.2 Å². The number of carbonyl (C=O) groups is 1. The second kappa shape index (κ2) is 10.1. The summed E-state index contributed by atoms with van der Waals surface area (Å²) < 4.78 is 5.48. The van der Waals surface area contributed by atoms with Crippen LogP contribution in [0, 0.1) is 0 Å². The highest BCUT2D eigenvalue weighted by Crippen LogP contribution is 2.22. The van der Waals surface area contributed by atoms with Crippen LogP contribution in [-0.4, -0.2) is 18.7 Å². The molecule has 5 heteroatoms. The highest BCUT2D eigenvalue weighted by Gasteiger charge is 2.02. The molecule has 3 aromatic rings. The van der Waals surface area contributed by atoms with Crippen molar-refractivity contribution < 1.29 is 9.53 Å². The first-order valence-corrected chi connectivity index (χ1v) is 9.11. The van der Waals surface area contributed by atoms with E-state index in [-0.39, 0.29) is 12.5 Å². The van der Waals surface area contributed by atoms with Gasteiger partial charge < -0.3 is 4.74 Å². The van der Waals surface area contributed by atoms with E-state index in [2.05, 4.69) is 10.5 Å². The number of rotatable bonds is 7. The average molecular weight is 391 g/mol. The van der Waals surface area contributed by atoms with Crippen LogP contribution in [-0.2, 0) is 4.79 Å². The minimum Gasteiger partial charge on any atom is -0.484 e. The van der Waals surface area contributed by atoms with Crippen LogP contribution >= 0.6 is 11.6 Å². The van der Waals surface area contributed by atoms with Crippen molar-refractivity contribution in [3.05, 3.63) is 95.5 Å². The van der Waals surface area contributed by atoms with Crippen LogP contribution in [0.3, 0.4) is 0 Å². The van der Waals surface area contributed by atoms with Crippen molar-refractivity contribution in [2.24, 2.45) is 5.10 Å². The molecule has 0 aliphatic carbocycles. The SMILES string of the molecule is O=C(COc1ccc(-c2ccccc2)cc1)NN=C/C=C/c1ccccc1Cl. The van der Waals surface area contributed by atoms with Gasteiger partial charge in [0.05, 0.1) is 0 Å². The van der Waals surface area contributed by atoms with Gasteiger partial charge in [0.15, 0.2) is 6.61 Å². The third kappa shape index (κ3) is 5.83. The zero-order chi connectivity index (χ0) is 19.6. The molecule has 0 heterocycles. The molecule has 3 rings (SSSR count). The summed E-state index contributed by atoms with van der Waals surface area (Å²) in [5.41, 5.74) is 5.51. The molecule has 1 N–H and O–H groups in total. The number of benzene rings is 3. The van der Waals surface area contributed by atoms with E-state index in [4.69, 9.17) is 16.3 Å². The van der Waals surface area contributed by atoms with Crippen LogP contribution in [0.2, 0.25) is 5.02 Å². The van der Waals surface area contributed by atoms with Gasteiger partial charge in [-0.15, -0.1) is 0 Å². The minimum atomic E-state index is -0.338. The fraction of sp³-hybridized carbons (Fsp3) is 0.0435. The summed E-state index contributed by atoms with van der Waals surface area (Å²) in [6.07, 6.45) is 4.99. The Labute approximate surface area is 169 Å². The maximum Gasteiger partial charge on any atom is 0.277 e. The largest absolute Gasteiger partial charge is 0.484 e. The smallest absolute Gasteiger partial charge is 0.277 e. The molecule has 0 aromatic heterocycles. The van der Waals surface area contributed by atoms with Gasteiger partial charge in [-0.05, 0) is 41.0 Å². The van der Waals surface area contributed by atoms with Crippen LogP contribution in [0.4, 0.5) is 0 Å². The molecule has 3 aromatic carbocycles. The van der Waals surface area contributed by atoms with Gasteiger partial charge in [-0.3, -0.25) is 4.79 Å². The maximum absolute atomic E-state index is 11.8. The van der Waals surface area contributed by atoms with Gasteiger partial charge in [0.2, 0.25) is 0 Å². The summed E-state index contributed by atoms with van der Waals surface area (Å²) in [6.45, 7) is -0.115. The number of hydrazone groups is 1. The van der Waals surface area contributed by atoms with E-state index in [0.717, 1.165) is 16.7 Å². The zero-order valence-electron chi connectivity index (χ0n) is 15.1. The number of carbonyl (C=O) groups excluding carboxylic acids is 1. The topological polar surface area (TPSA) is 50.7 Å². The standard InChI is InChI=1S/C23H19ClN2O2/c24-22-11-5-4-9-20(22)10-6-16-25-26-23(27)17-28-21-14-12-19(13-15-21)18-7-2-1-3-8-18/h1-16H,17H2,(H,26,27)/b10-6+,25-16?. The second-order valence-electron chi connectivity index (χ2n) is 5.87. The van der Waals surface area contributed by atoms with E-state index in [0.29, 0.717) is 10.8 Å². The number of nitrogens with zero attached hydrogens (tertiary/aromatic N) is 1. The monoisotopic (exact) mass is 390 g/mol. The Balaban J connectivity index is 1.43. The molecule has 28 heavy (non-hydrogen) atoms. The van der Waals surface area contributed by atoms with Crippen molar-refractivity contribution >= 4 is 29.8 Å². The van der Waals surface area contributed by atoms with Crippen molar-refractivity contribution in [1.29, 1.82) is 0 Å². The highest BCUT2D eigenvalue weighted by atomic mass is 35.5. The number of nitrogens with one attached hydrogen (secondary N) is 1. The fourth-order valence-corrected chi connectivity index (χ4v) is 2.66. The lowest BCUT2D eigenvalue weighted by Crippen LogP contribution is -2.24. The van der Waals surface area contributed by atoms with Crippen molar-refractivity contribution in [3.63, 3.8) is 0 Å². The van der Waals surface area contributed by atoms with E-state index in [9.17, 15) is 4.79 Å². The molecular formula is C23H19ClN2O2. The Kier molecular flexibility index (Phi) is 6.99. The van der Waals surface area contributed by atoms with E-state index in [1.807, 2.05) is 84.9 Å². The molecule has 0 aliphatic heterocycles. The summed E-state index contributed by atoms with van der Waals surface area (Å²) in [5, 5.41) is 4.50. The van der Waals surface area contributed by atoms with E-state index < -0.39 is 0 Å². The van der Waals surface area contributed by atoms with Gasteiger partial charge >= 0.3 is 0 Å². The van der Waals surface area contributed by atoms with Gasteiger partial charge in [-0.25, -0.2) is 5.43 Å². The normalized spacial score (nSPS) is 11.0. The molecule has 0 unspecified atom stereocenters. The van der Waals surface area contributed by atoms with Crippen LogP contribution in [0.5, 0.6) is 5.75 Å². The van der Waals surface area contributed by atoms with E-state index in [1.54, 1.807) is 6.08 Å². The third-order valence-corrected chi connectivity index (χ3v) is 4.21. The molecule has 0 saturated heterocycles. The second-order valence-corrected chi connectivity index (χ2v) is 6.28. The lowest BCUT2D eigenvalue weighted by atomic mass is 10.1. The van der Waals surface area contributed by atoms with E-state index in [1.165, 1.54) is 6.21 Å². The molecule has 0 atom stereocenters. The molecular weight excluding hydrogens is 372 g/mol. The first kappa shape index (κ1) is 19.4. The van der Waals surface area contributed by atoms with Gasteiger partial charge in [0.25, 0.3) is 5.91 Å². The average Bonchev–Trinajstić information content (AvgIpc) is 2.74. The summed E-state index contributed by atoms with van der Waals surface area (Å²) in [4.78, 5) is 11.8. The van der Waals surface area contributed by atoms with Gasteiger partial charge in [0, 0.05) is 11.2 Å². The number of ether oxygens (including phenoxy) is 1. The summed E-state index contributed by atoms with van der Waals surface area (Å²) >= 11 is 6.05. The lowest BCUT2D eigenvalue weighted by Gasteiger charge is -2.06. The Morgan fingerprint density at radius 3 is 2.36 bits per heavy atom. The number of amides is 1. The van der Waals surface area contributed by atoms with Gasteiger partial charge in [-0.1, -0.05) is 78.3 Å². The van der Waals surface area contributed by atoms with Gasteiger partial charge in [0.1, 0.15) is 5.75 Å². The minimum absolute atomic E-state index is 0.115. The molecule has 0 fully saturated rings. The Bertz CT molecular complexity index is 967. The Morgan fingerprint density at radius 2 is 1.61 bits per heavy atom. The first-order valence-electron chi connectivity index (χ1n) is 8.74. The van der Waals surface area contributed by atoms with Crippen molar-refractivity contribution in [1.82, 2.24) is 5.43 Å². The van der Waals surface area contributed by atoms with Crippen molar-refractivity contribution in [2.75, 3.05) is 6.61 Å². The molecule has 1 amide bonds. The van der Waals surface area contributed by atoms with Crippen LogP contribution in [0.1, 0.15) is 5.56 Å². The predicted octanol–water partition coefficient (Wildman–Crippen LogP) is 5.20. The number of allylic oxidation sites excluding steroid dienone is 1. The summed E-state index contributed by atoms with van der Waals surface area (Å²) in [7, 11) is 0. The Hall–Kier alpha value is -3.37. The third-order valence-electron chi connectivity index (χ3n) is 3.86. The molecule has 140 valence electrons. The molecule has 0 spiro atoms. The van der Waals surface area contributed by atoms with Crippen LogP contribution < -0.4 is 10.2 Å². The summed E-state index contributed by atoms with van der Waals surface area (Å²) in [6, 6.07) is 25.1. The fourth-order valence-electron chi connectivity index (χ4n) is 2.46. The molecule has 0 saturated carbocycles. The quantitative estimate of drug-likeness (QED) is 0.445. The van der Waals surface area contributed by atoms with Crippen molar-refractivity contribution in [2.45, 2.75) is 0 Å². The predicted molar refractivity (Wildman–Crippen MR) is 114 cm³/mol. The number of hydrogen-bond donors (Lipinski definition) is 1.